The van der Waals surface area contributed by atoms with Gasteiger partial charge in [-0.2, -0.15) is 26.3 Å². The van der Waals surface area contributed by atoms with Crippen molar-refractivity contribution in [3.8, 4) is 11.6 Å². The SMILES string of the molecule is COc1ccc(N2CCCC2)c(C(Cc2cc(C(F)(F)F)cc(C(F)(F)F)c2)Nc2ncc(OCCS(C)(=O)=O)cn2)n1. The van der Waals surface area contributed by atoms with E-state index in [1.165, 1.54) is 19.5 Å². The van der Waals surface area contributed by atoms with Gasteiger partial charge in [0.25, 0.3) is 0 Å². The molecule has 0 amide bonds. The van der Waals surface area contributed by atoms with E-state index in [1.54, 1.807) is 12.1 Å². The lowest BCUT2D eigenvalue weighted by Gasteiger charge is -2.27. The van der Waals surface area contributed by atoms with Crippen LogP contribution in [-0.4, -0.2) is 62.2 Å². The van der Waals surface area contributed by atoms with Gasteiger partial charge in [-0.15, -0.1) is 0 Å². The van der Waals surface area contributed by atoms with E-state index in [4.69, 9.17) is 9.47 Å². The zero-order valence-corrected chi connectivity index (χ0v) is 24.0. The second kappa shape index (κ2) is 12.8. The van der Waals surface area contributed by atoms with Gasteiger partial charge in [0.1, 0.15) is 6.61 Å². The average molecular weight is 634 g/mol. The van der Waals surface area contributed by atoms with Crippen LogP contribution >= 0.6 is 0 Å². The van der Waals surface area contributed by atoms with Crippen LogP contribution in [0.5, 0.6) is 11.6 Å². The highest BCUT2D eigenvalue weighted by molar-refractivity contribution is 7.90. The van der Waals surface area contributed by atoms with Gasteiger partial charge in [0.15, 0.2) is 15.6 Å². The van der Waals surface area contributed by atoms with E-state index in [-0.39, 0.29) is 48.0 Å². The lowest BCUT2D eigenvalue weighted by atomic mass is 9.97. The summed E-state index contributed by atoms with van der Waals surface area (Å²) in [5.41, 5.74) is -2.14. The molecule has 1 aromatic carbocycles. The molecule has 0 radical (unpaired) electrons. The van der Waals surface area contributed by atoms with Crippen LogP contribution in [0.1, 0.15) is 41.3 Å². The molecule has 4 rings (SSSR count). The van der Waals surface area contributed by atoms with Crippen molar-refractivity contribution in [1.82, 2.24) is 15.0 Å². The van der Waals surface area contributed by atoms with E-state index in [0.29, 0.717) is 36.6 Å². The molecule has 0 spiro atoms. The van der Waals surface area contributed by atoms with Crippen molar-refractivity contribution < 1.29 is 44.2 Å². The molecule has 3 aromatic rings. The molecule has 0 bridgehead atoms. The molecular formula is C27H29F6N5O4S. The standard InChI is InChI=1S/C27H29F6N5O4S/c1-41-23-6-5-22(38-7-3-4-8-38)24(37-23)21(36-25-34-15-20(16-35-25)42-9-10-43(2,39)40)13-17-11-18(26(28,29)30)14-19(12-17)27(31,32)33/h5-6,11-12,14-16,21H,3-4,7-10,13H2,1-2H3,(H,34,35,36). The fraction of sp³-hybridized carbons (Fsp3) is 0.444. The van der Waals surface area contributed by atoms with Gasteiger partial charge in [0.2, 0.25) is 11.8 Å². The third kappa shape index (κ3) is 8.84. The first-order valence-corrected chi connectivity index (χ1v) is 15.2. The first-order valence-electron chi connectivity index (χ1n) is 13.1. The zero-order valence-electron chi connectivity index (χ0n) is 23.2. The fourth-order valence-electron chi connectivity index (χ4n) is 4.57. The summed E-state index contributed by atoms with van der Waals surface area (Å²) in [4.78, 5) is 14.9. The predicted molar refractivity (Wildman–Crippen MR) is 146 cm³/mol. The second-order valence-corrected chi connectivity index (χ2v) is 12.2. The number of nitrogens with zero attached hydrogens (tertiary/aromatic N) is 4. The van der Waals surface area contributed by atoms with Crippen molar-refractivity contribution in [3.63, 3.8) is 0 Å². The van der Waals surface area contributed by atoms with Crippen LogP contribution < -0.4 is 19.7 Å². The number of halogens is 6. The lowest BCUT2D eigenvalue weighted by Crippen LogP contribution is -2.25. The molecular weight excluding hydrogens is 604 g/mol. The summed E-state index contributed by atoms with van der Waals surface area (Å²) in [5.74, 6) is 0.115. The first-order chi connectivity index (χ1) is 20.1. The van der Waals surface area contributed by atoms with Crippen molar-refractivity contribution >= 4 is 21.5 Å². The number of hydrogen-bond acceptors (Lipinski definition) is 9. The fourth-order valence-corrected chi connectivity index (χ4v) is 4.95. The number of benzene rings is 1. The summed E-state index contributed by atoms with van der Waals surface area (Å²) in [6.45, 7) is 1.23. The molecule has 43 heavy (non-hydrogen) atoms. The van der Waals surface area contributed by atoms with Crippen LogP contribution in [0, 0.1) is 0 Å². The number of rotatable bonds is 11. The molecule has 9 nitrogen and oxygen atoms in total. The van der Waals surface area contributed by atoms with Crippen molar-refractivity contribution in [2.24, 2.45) is 0 Å². The maximum Gasteiger partial charge on any atom is 0.416 e. The summed E-state index contributed by atoms with van der Waals surface area (Å²) in [7, 11) is -1.87. The van der Waals surface area contributed by atoms with Gasteiger partial charge in [-0.1, -0.05) is 0 Å². The Morgan fingerprint density at radius 3 is 2.12 bits per heavy atom. The Labute approximate surface area is 244 Å². The quantitative estimate of drug-likeness (QED) is 0.280. The number of sulfone groups is 1. The minimum Gasteiger partial charge on any atom is -0.489 e. The molecule has 1 fully saturated rings. The van der Waals surface area contributed by atoms with Gasteiger partial charge in [0, 0.05) is 25.4 Å². The first kappa shape index (κ1) is 32.1. The molecule has 1 saturated heterocycles. The van der Waals surface area contributed by atoms with Gasteiger partial charge >= 0.3 is 12.4 Å². The van der Waals surface area contributed by atoms with Crippen LogP contribution in [0.4, 0.5) is 38.0 Å². The Hall–Kier alpha value is -3.82. The predicted octanol–water partition coefficient (Wildman–Crippen LogP) is 5.34. The minimum absolute atomic E-state index is 0.0134. The zero-order chi connectivity index (χ0) is 31.4. The van der Waals surface area contributed by atoms with Crippen molar-refractivity contribution in [2.75, 3.05) is 49.0 Å². The minimum atomic E-state index is -5.01. The van der Waals surface area contributed by atoms with E-state index in [0.717, 1.165) is 19.1 Å². The molecule has 1 aliphatic heterocycles. The molecule has 0 aliphatic carbocycles. The molecule has 234 valence electrons. The van der Waals surface area contributed by atoms with E-state index < -0.39 is 39.4 Å². The number of pyridine rings is 1. The molecule has 16 heteroatoms. The topological polar surface area (TPSA) is 107 Å². The van der Waals surface area contributed by atoms with Gasteiger partial charge in [-0.3, -0.25) is 0 Å². The molecule has 1 atom stereocenters. The Bertz CT molecular complexity index is 1480. The lowest BCUT2D eigenvalue weighted by molar-refractivity contribution is -0.143. The smallest absolute Gasteiger partial charge is 0.416 e. The van der Waals surface area contributed by atoms with E-state index in [1.807, 2.05) is 4.90 Å². The Morgan fingerprint density at radius 1 is 0.977 bits per heavy atom. The van der Waals surface area contributed by atoms with E-state index in [2.05, 4.69) is 20.3 Å². The van der Waals surface area contributed by atoms with Gasteiger partial charge < -0.3 is 19.7 Å². The molecule has 1 N–H and O–H groups in total. The number of hydrogen-bond donors (Lipinski definition) is 1. The summed E-state index contributed by atoms with van der Waals surface area (Å²) in [6, 6.07) is 3.82. The summed E-state index contributed by atoms with van der Waals surface area (Å²) in [5, 5.41) is 3.00. The molecule has 1 aliphatic rings. The van der Waals surface area contributed by atoms with Crippen molar-refractivity contribution in [2.45, 2.75) is 37.7 Å². The Kier molecular flexibility index (Phi) is 9.57. The Balaban J connectivity index is 1.74. The highest BCUT2D eigenvalue weighted by Crippen LogP contribution is 2.38. The third-order valence-corrected chi connectivity index (χ3v) is 7.51. The number of nitrogens with one attached hydrogen (secondary N) is 1. The molecule has 0 saturated carbocycles. The highest BCUT2D eigenvalue weighted by atomic mass is 32.2. The largest absolute Gasteiger partial charge is 0.489 e. The van der Waals surface area contributed by atoms with E-state index >= 15 is 0 Å². The molecule has 2 aromatic heterocycles. The molecule has 3 heterocycles. The normalized spacial score (nSPS) is 14.9. The van der Waals surface area contributed by atoms with Crippen molar-refractivity contribution in [3.05, 3.63) is 65.1 Å². The third-order valence-electron chi connectivity index (χ3n) is 6.60. The number of alkyl halides is 6. The number of aromatic nitrogens is 3. The number of anilines is 2. The van der Waals surface area contributed by atoms with Gasteiger partial charge in [0.05, 0.1) is 53.8 Å². The monoisotopic (exact) mass is 633 g/mol. The maximum absolute atomic E-state index is 13.6. The molecule has 1 unspecified atom stereocenters. The summed E-state index contributed by atoms with van der Waals surface area (Å²) < 4.78 is 115. The average Bonchev–Trinajstić information content (AvgIpc) is 3.46. The number of methoxy groups -OCH3 is 1. The van der Waals surface area contributed by atoms with Crippen LogP contribution in [-0.2, 0) is 28.6 Å². The van der Waals surface area contributed by atoms with Crippen LogP contribution in [0.25, 0.3) is 0 Å². The summed E-state index contributed by atoms with van der Waals surface area (Å²) >= 11 is 0. The number of ether oxygens (including phenoxy) is 2. The van der Waals surface area contributed by atoms with Crippen LogP contribution in [0.2, 0.25) is 0 Å². The second-order valence-electron chi connectivity index (χ2n) is 9.99. The highest BCUT2D eigenvalue weighted by Gasteiger charge is 2.37. The van der Waals surface area contributed by atoms with Crippen LogP contribution in [0.3, 0.4) is 0 Å². The van der Waals surface area contributed by atoms with Gasteiger partial charge in [-0.25, -0.2) is 23.4 Å². The summed E-state index contributed by atoms with van der Waals surface area (Å²) in [6.07, 6.45) is -4.98. The Morgan fingerprint density at radius 2 is 1.58 bits per heavy atom. The van der Waals surface area contributed by atoms with Crippen molar-refractivity contribution in [1.29, 1.82) is 0 Å². The van der Waals surface area contributed by atoms with E-state index in [9.17, 15) is 34.8 Å². The van der Waals surface area contributed by atoms with Gasteiger partial charge in [-0.05, 0) is 49.1 Å². The van der Waals surface area contributed by atoms with Crippen LogP contribution in [0.15, 0.2) is 42.7 Å². The maximum atomic E-state index is 13.6.